The van der Waals surface area contributed by atoms with Crippen LogP contribution in [0.3, 0.4) is 0 Å². The SMILES string of the molecule is C#C.C/C=C\C=C/C.C1=CC2=CC(C=C1)Nc1ccccc12.C=CC.CC. The van der Waals surface area contributed by atoms with Gasteiger partial charge in [-0.25, -0.2) is 0 Å². The molecule has 1 aromatic carbocycles. The predicted molar refractivity (Wildman–Crippen MR) is 127 cm³/mol. The van der Waals surface area contributed by atoms with Gasteiger partial charge in [0.05, 0.1) is 6.04 Å². The minimum Gasteiger partial charge on any atom is -0.375 e. The van der Waals surface area contributed by atoms with Crippen molar-refractivity contribution in [2.75, 3.05) is 5.32 Å². The standard InChI is InChI=1S/C13H11N.C6H10.C3H6.C2H6.C2H2/c1-2-6-11-9-10(5-1)12-7-3-4-8-13(12)14-11;1-3-5-6-4-2;1-3-2;2*1-2/h1-9,11,14H;3-6H,1-2H3;3H,1H2,2H3;1-2H3;1-2H/b;5-3-,6-4-;;;. The normalized spacial score (nSPS) is 14.8. The minimum atomic E-state index is 0.342. The molecule has 1 nitrogen and oxygen atoms in total. The Morgan fingerprint density at radius 2 is 1.52 bits per heavy atom. The monoisotopic (exact) mass is 361 g/mol. The molecule has 0 spiro atoms. The fraction of sp³-hybridized carbons (Fsp3) is 0.231. The lowest BCUT2D eigenvalue weighted by Gasteiger charge is -2.22. The molecule has 1 aliphatic heterocycles. The molecule has 0 fully saturated rings. The van der Waals surface area contributed by atoms with Crippen LogP contribution in [0.4, 0.5) is 5.69 Å². The minimum absolute atomic E-state index is 0.342. The van der Waals surface area contributed by atoms with E-state index < -0.39 is 0 Å². The van der Waals surface area contributed by atoms with Crippen LogP contribution in [0, 0.1) is 12.8 Å². The first-order chi connectivity index (χ1) is 13.3. The molecule has 0 saturated carbocycles. The Balaban J connectivity index is 0. The van der Waals surface area contributed by atoms with Crippen molar-refractivity contribution in [1.82, 2.24) is 0 Å². The van der Waals surface area contributed by atoms with E-state index in [0.29, 0.717) is 6.04 Å². The summed E-state index contributed by atoms with van der Waals surface area (Å²) in [7, 11) is 0. The number of fused-ring (bicyclic) bond motifs is 3. The van der Waals surface area contributed by atoms with Gasteiger partial charge in [0.15, 0.2) is 0 Å². The highest BCUT2D eigenvalue weighted by atomic mass is 14.9. The molecule has 2 aliphatic rings. The van der Waals surface area contributed by atoms with E-state index in [1.807, 2.05) is 58.9 Å². The summed E-state index contributed by atoms with van der Waals surface area (Å²) in [6.07, 6.45) is 28.5. The molecule has 3 rings (SSSR count). The Hall–Kier alpha value is -2.98. The highest BCUT2D eigenvalue weighted by Crippen LogP contribution is 2.31. The molecule has 0 saturated heterocycles. The van der Waals surface area contributed by atoms with E-state index in [1.165, 1.54) is 16.8 Å². The van der Waals surface area contributed by atoms with Crippen molar-refractivity contribution in [2.24, 2.45) is 0 Å². The number of para-hydroxylation sites is 1. The zero-order valence-electron chi connectivity index (χ0n) is 17.5. The van der Waals surface area contributed by atoms with Crippen molar-refractivity contribution in [3.05, 3.63) is 97.2 Å². The van der Waals surface area contributed by atoms with Crippen molar-refractivity contribution < 1.29 is 0 Å². The van der Waals surface area contributed by atoms with Crippen LogP contribution < -0.4 is 5.32 Å². The number of hydrogen-bond acceptors (Lipinski definition) is 1. The smallest absolute Gasteiger partial charge is 0.0640 e. The van der Waals surface area contributed by atoms with E-state index >= 15 is 0 Å². The third kappa shape index (κ3) is 11.3. The number of anilines is 1. The van der Waals surface area contributed by atoms with Gasteiger partial charge in [0.2, 0.25) is 0 Å². The second-order valence-corrected chi connectivity index (χ2v) is 5.04. The molecule has 1 heterocycles. The largest absolute Gasteiger partial charge is 0.375 e. The second kappa shape index (κ2) is 19.3. The maximum Gasteiger partial charge on any atom is 0.0640 e. The van der Waals surface area contributed by atoms with Crippen LogP contribution in [0.15, 0.2) is 91.6 Å². The highest BCUT2D eigenvalue weighted by molar-refractivity contribution is 5.86. The van der Waals surface area contributed by atoms with Gasteiger partial charge in [0, 0.05) is 11.3 Å². The summed E-state index contributed by atoms with van der Waals surface area (Å²) in [6.45, 7) is 13.2. The molecule has 0 aromatic heterocycles. The van der Waals surface area contributed by atoms with Crippen LogP contribution in [0.25, 0.3) is 5.57 Å². The first-order valence-electron chi connectivity index (χ1n) is 9.33. The summed E-state index contributed by atoms with van der Waals surface area (Å²) < 4.78 is 0. The van der Waals surface area contributed by atoms with Crippen LogP contribution >= 0.6 is 0 Å². The summed E-state index contributed by atoms with van der Waals surface area (Å²) >= 11 is 0. The Bertz CT molecular complexity index is 656. The molecule has 1 atom stereocenters. The predicted octanol–water partition coefficient (Wildman–Crippen LogP) is 7.60. The molecule has 0 amide bonds. The number of rotatable bonds is 1. The second-order valence-electron chi connectivity index (χ2n) is 5.04. The van der Waals surface area contributed by atoms with Crippen LogP contribution in [-0.4, -0.2) is 6.04 Å². The molecule has 144 valence electrons. The van der Waals surface area contributed by atoms with Crippen LogP contribution in [0.5, 0.6) is 0 Å². The Kier molecular flexibility index (Phi) is 18.8. The molecule has 1 N–H and O–H groups in total. The van der Waals surface area contributed by atoms with Crippen molar-refractivity contribution in [3.8, 4) is 12.8 Å². The fourth-order valence-corrected chi connectivity index (χ4v) is 2.18. The first-order valence-corrected chi connectivity index (χ1v) is 9.33. The summed E-state index contributed by atoms with van der Waals surface area (Å²) in [5.41, 5.74) is 3.84. The van der Waals surface area contributed by atoms with Gasteiger partial charge >= 0.3 is 0 Å². The zero-order chi connectivity index (χ0) is 20.9. The quantitative estimate of drug-likeness (QED) is 0.308. The van der Waals surface area contributed by atoms with Crippen molar-refractivity contribution in [2.45, 2.75) is 40.7 Å². The van der Waals surface area contributed by atoms with E-state index in [2.05, 4.69) is 79.4 Å². The topological polar surface area (TPSA) is 12.0 Å². The summed E-state index contributed by atoms with van der Waals surface area (Å²) in [5.74, 6) is 0. The van der Waals surface area contributed by atoms with Crippen molar-refractivity contribution in [1.29, 1.82) is 0 Å². The van der Waals surface area contributed by atoms with E-state index in [-0.39, 0.29) is 0 Å². The van der Waals surface area contributed by atoms with Crippen molar-refractivity contribution in [3.63, 3.8) is 0 Å². The lowest BCUT2D eigenvalue weighted by Crippen LogP contribution is -2.18. The number of allylic oxidation sites excluding steroid dienone is 9. The zero-order valence-corrected chi connectivity index (χ0v) is 17.5. The molecule has 27 heavy (non-hydrogen) atoms. The molecular weight excluding hydrogens is 326 g/mol. The number of hydrogen-bond donors (Lipinski definition) is 1. The maximum atomic E-state index is 4.00. The van der Waals surface area contributed by atoms with Crippen LogP contribution in [0.2, 0.25) is 0 Å². The maximum absolute atomic E-state index is 4.00. The van der Waals surface area contributed by atoms with Gasteiger partial charge in [-0.3, -0.25) is 0 Å². The Morgan fingerprint density at radius 3 is 2.07 bits per heavy atom. The van der Waals surface area contributed by atoms with E-state index in [4.69, 9.17) is 0 Å². The van der Waals surface area contributed by atoms with Gasteiger partial charge in [-0.15, -0.1) is 19.4 Å². The van der Waals surface area contributed by atoms with Crippen LogP contribution in [-0.2, 0) is 0 Å². The summed E-state index contributed by atoms with van der Waals surface area (Å²) in [4.78, 5) is 0. The van der Waals surface area contributed by atoms with Crippen LogP contribution in [0.1, 0.15) is 40.2 Å². The third-order valence-electron chi connectivity index (χ3n) is 3.12. The fourth-order valence-electron chi connectivity index (χ4n) is 2.18. The average Bonchev–Trinajstić information content (AvgIpc) is 2.92. The van der Waals surface area contributed by atoms with Gasteiger partial charge in [0.1, 0.15) is 0 Å². The summed E-state index contributed by atoms with van der Waals surface area (Å²) in [5, 5.41) is 3.47. The molecule has 1 heteroatoms. The molecule has 1 aromatic rings. The molecular formula is C26H35N. The van der Waals surface area contributed by atoms with E-state index in [1.54, 1.807) is 6.08 Å². The third-order valence-corrected chi connectivity index (χ3v) is 3.12. The molecule has 2 bridgehead atoms. The van der Waals surface area contributed by atoms with Gasteiger partial charge < -0.3 is 5.32 Å². The van der Waals surface area contributed by atoms with Crippen molar-refractivity contribution >= 4 is 11.3 Å². The number of terminal acetylenes is 1. The first kappa shape index (κ1) is 26.3. The van der Waals surface area contributed by atoms with E-state index in [0.717, 1.165) is 0 Å². The number of nitrogens with one attached hydrogen (secondary N) is 1. The number of benzene rings is 1. The van der Waals surface area contributed by atoms with Gasteiger partial charge in [0.25, 0.3) is 0 Å². The lowest BCUT2D eigenvalue weighted by atomic mass is 9.98. The molecule has 0 radical (unpaired) electrons. The summed E-state index contributed by atoms with van der Waals surface area (Å²) in [6, 6.07) is 8.77. The van der Waals surface area contributed by atoms with Gasteiger partial charge in [-0.1, -0.05) is 92.8 Å². The molecule has 1 aliphatic carbocycles. The average molecular weight is 362 g/mol. The Morgan fingerprint density at radius 1 is 0.963 bits per heavy atom. The highest BCUT2D eigenvalue weighted by Gasteiger charge is 2.15. The van der Waals surface area contributed by atoms with E-state index in [9.17, 15) is 0 Å². The van der Waals surface area contributed by atoms with Gasteiger partial charge in [-0.2, -0.15) is 0 Å². The molecule has 1 unspecified atom stereocenters. The Labute approximate surface area is 167 Å². The lowest BCUT2D eigenvalue weighted by molar-refractivity contribution is 1.10. The van der Waals surface area contributed by atoms with Gasteiger partial charge in [-0.05, 0) is 32.4 Å².